The average Bonchev–Trinajstić information content (AvgIpc) is 3.17. The molecule has 0 unspecified atom stereocenters. The molecule has 5 heteroatoms. The van der Waals surface area contributed by atoms with E-state index in [4.69, 9.17) is 5.73 Å². The minimum absolute atomic E-state index is 0.0821. The van der Waals surface area contributed by atoms with E-state index < -0.39 is 0 Å². The van der Waals surface area contributed by atoms with E-state index >= 15 is 0 Å². The summed E-state index contributed by atoms with van der Waals surface area (Å²) in [7, 11) is 0. The van der Waals surface area contributed by atoms with Crippen molar-refractivity contribution in [3.63, 3.8) is 0 Å². The Bertz CT molecular complexity index is 1320. The van der Waals surface area contributed by atoms with E-state index in [9.17, 15) is 4.79 Å². The summed E-state index contributed by atoms with van der Waals surface area (Å²) in [6.45, 7) is 2.97. The molecule has 3 aromatic heterocycles. The van der Waals surface area contributed by atoms with Crippen molar-refractivity contribution >= 4 is 44.0 Å². The number of rotatable bonds is 1. The van der Waals surface area contributed by atoms with Gasteiger partial charge < -0.3 is 19.7 Å². The zero-order chi connectivity index (χ0) is 16.4. The lowest BCUT2D eigenvalue weighted by Crippen LogP contribution is -2.09. The van der Waals surface area contributed by atoms with Crippen LogP contribution in [0.3, 0.4) is 0 Å². The highest BCUT2D eigenvalue weighted by Gasteiger charge is 2.15. The van der Waals surface area contributed by atoms with Gasteiger partial charge in [0.2, 0.25) is 0 Å². The molecule has 0 aliphatic rings. The summed E-state index contributed by atoms with van der Waals surface area (Å²) in [4.78, 5) is 15.5. The minimum Gasteiger partial charge on any atom is -0.399 e. The van der Waals surface area contributed by atoms with Gasteiger partial charge in [-0.15, -0.1) is 0 Å². The topological polar surface area (TPSA) is 68.2 Å². The largest absolute Gasteiger partial charge is 0.399 e. The maximum absolute atomic E-state index is 12.5. The van der Waals surface area contributed by atoms with E-state index in [2.05, 4.69) is 28.6 Å². The van der Waals surface area contributed by atoms with Crippen LogP contribution in [0.1, 0.15) is 6.92 Å². The predicted octanol–water partition coefficient (Wildman–Crippen LogP) is 3.49. The summed E-state index contributed by atoms with van der Waals surface area (Å²) < 4.78 is 4.19. The second-order valence-corrected chi connectivity index (χ2v) is 6.09. The van der Waals surface area contributed by atoms with E-state index in [-0.39, 0.29) is 5.56 Å². The monoisotopic (exact) mass is 316 g/mol. The van der Waals surface area contributed by atoms with Crippen molar-refractivity contribution in [3.05, 3.63) is 59.0 Å². The zero-order valence-electron chi connectivity index (χ0n) is 13.2. The minimum atomic E-state index is -0.0821. The molecule has 24 heavy (non-hydrogen) atoms. The molecule has 3 N–H and O–H groups in total. The number of hydrogen-bond acceptors (Lipinski definition) is 2. The van der Waals surface area contributed by atoms with Crippen molar-refractivity contribution in [2.24, 2.45) is 0 Å². The van der Waals surface area contributed by atoms with Gasteiger partial charge >= 0.3 is 0 Å². The number of nitrogens with two attached hydrogens (primary N) is 1. The number of nitrogens with zero attached hydrogens (tertiary/aromatic N) is 2. The summed E-state index contributed by atoms with van der Waals surface area (Å²) in [6.07, 6.45) is 1.92. The second kappa shape index (κ2) is 4.41. The molecule has 0 fully saturated rings. The van der Waals surface area contributed by atoms with Crippen LogP contribution in [0.5, 0.6) is 0 Å². The third-order valence-corrected chi connectivity index (χ3v) is 4.83. The molecule has 0 bridgehead atoms. The molecule has 0 atom stereocenters. The summed E-state index contributed by atoms with van der Waals surface area (Å²) in [5, 5.41) is 2.11. The third kappa shape index (κ3) is 1.51. The van der Waals surface area contributed by atoms with Crippen LogP contribution in [0.2, 0.25) is 0 Å². The van der Waals surface area contributed by atoms with Crippen LogP contribution in [0, 0.1) is 0 Å². The first kappa shape index (κ1) is 13.2. The molecule has 0 amide bonds. The van der Waals surface area contributed by atoms with Crippen LogP contribution in [0.15, 0.2) is 53.5 Å². The molecule has 2 aromatic carbocycles. The number of aromatic nitrogens is 3. The summed E-state index contributed by atoms with van der Waals surface area (Å²) >= 11 is 0. The van der Waals surface area contributed by atoms with Gasteiger partial charge in [0.05, 0.1) is 16.6 Å². The molecular formula is C19H16N4O. The molecule has 0 saturated heterocycles. The molecule has 5 rings (SSSR count). The number of benzene rings is 2. The Morgan fingerprint density at radius 1 is 1.04 bits per heavy atom. The number of nitrogen functional groups attached to an aromatic ring is 1. The first-order valence-corrected chi connectivity index (χ1v) is 8.02. The van der Waals surface area contributed by atoms with Gasteiger partial charge in [0.25, 0.3) is 5.56 Å². The number of hydrogen-bond donors (Lipinski definition) is 2. The van der Waals surface area contributed by atoms with E-state index in [1.54, 1.807) is 0 Å². The number of aromatic amines is 1. The molecule has 0 aliphatic carbocycles. The van der Waals surface area contributed by atoms with Gasteiger partial charge in [0, 0.05) is 34.7 Å². The fourth-order valence-electron chi connectivity index (χ4n) is 3.82. The van der Waals surface area contributed by atoms with E-state index in [1.165, 1.54) is 0 Å². The maximum atomic E-state index is 12.5. The van der Waals surface area contributed by atoms with Gasteiger partial charge in [-0.05, 0) is 49.4 Å². The SMILES string of the molecule is CCn1c2ccc(N)cc2c2c3[nH]c(=O)c4cccn4c3ccc21. The third-order valence-electron chi connectivity index (χ3n) is 4.83. The predicted molar refractivity (Wildman–Crippen MR) is 98.6 cm³/mol. The van der Waals surface area contributed by atoms with Crippen LogP contribution >= 0.6 is 0 Å². The van der Waals surface area contributed by atoms with Crippen LogP contribution in [0.4, 0.5) is 5.69 Å². The van der Waals surface area contributed by atoms with Crippen LogP contribution in [0.25, 0.3) is 38.4 Å². The van der Waals surface area contributed by atoms with Crippen molar-refractivity contribution < 1.29 is 0 Å². The number of aryl methyl sites for hydroxylation is 1. The number of H-pyrrole nitrogens is 1. The van der Waals surface area contributed by atoms with E-state index in [1.807, 2.05) is 40.9 Å². The van der Waals surface area contributed by atoms with Crippen molar-refractivity contribution in [2.75, 3.05) is 5.73 Å². The van der Waals surface area contributed by atoms with Crippen molar-refractivity contribution in [1.82, 2.24) is 14.0 Å². The lowest BCUT2D eigenvalue weighted by molar-refractivity contribution is 0.827. The Hall–Kier alpha value is -3.21. The molecule has 0 saturated carbocycles. The molecule has 0 aliphatic heterocycles. The lowest BCUT2D eigenvalue weighted by Gasteiger charge is -2.06. The zero-order valence-corrected chi connectivity index (χ0v) is 13.2. The molecule has 0 radical (unpaired) electrons. The van der Waals surface area contributed by atoms with Crippen LogP contribution < -0.4 is 11.3 Å². The summed E-state index contributed by atoms with van der Waals surface area (Å²) in [6, 6.07) is 13.9. The summed E-state index contributed by atoms with van der Waals surface area (Å²) in [5.41, 5.74) is 11.4. The Kier molecular flexibility index (Phi) is 2.44. The number of fused-ring (bicyclic) bond motifs is 7. The van der Waals surface area contributed by atoms with Gasteiger partial charge in [0.15, 0.2) is 0 Å². The van der Waals surface area contributed by atoms with Gasteiger partial charge in [-0.25, -0.2) is 0 Å². The fourth-order valence-corrected chi connectivity index (χ4v) is 3.82. The van der Waals surface area contributed by atoms with Crippen molar-refractivity contribution in [2.45, 2.75) is 13.5 Å². The highest BCUT2D eigenvalue weighted by atomic mass is 16.1. The normalized spacial score (nSPS) is 12.0. The molecular weight excluding hydrogens is 300 g/mol. The van der Waals surface area contributed by atoms with Gasteiger partial charge in [-0.2, -0.15) is 0 Å². The maximum Gasteiger partial charge on any atom is 0.272 e. The quantitative estimate of drug-likeness (QED) is 0.465. The van der Waals surface area contributed by atoms with Crippen LogP contribution in [-0.4, -0.2) is 14.0 Å². The smallest absolute Gasteiger partial charge is 0.272 e. The molecule has 5 aromatic rings. The Balaban J connectivity index is 2.15. The summed E-state index contributed by atoms with van der Waals surface area (Å²) in [5.74, 6) is 0. The molecule has 3 heterocycles. The van der Waals surface area contributed by atoms with E-state index in [0.717, 1.165) is 45.1 Å². The first-order chi connectivity index (χ1) is 11.7. The second-order valence-electron chi connectivity index (χ2n) is 6.09. The standard InChI is InChI=1S/C19H16N4O/c1-2-22-13-6-5-11(20)10-12(13)17-14(22)7-8-15-18(17)21-19(24)16-4-3-9-23(15)16/h3-10H,2,20H2,1H3,(H,21,24). The fraction of sp³-hybridized carbons (Fsp3) is 0.105. The van der Waals surface area contributed by atoms with Gasteiger partial charge in [0.1, 0.15) is 5.52 Å². The highest BCUT2D eigenvalue weighted by molar-refractivity contribution is 6.19. The van der Waals surface area contributed by atoms with Gasteiger partial charge in [-0.3, -0.25) is 4.79 Å². The average molecular weight is 316 g/mol. The van der Waals surface area contributed by atoms with Crippen molar-refractivity contribution in [3.8, 4) is 0 Å². The highest BCUT2D eigenvalue weighted by Crippen LogP contribution is 2.34. The van der Waals surface area contributed by atoms with Crippen molar-refractivity contribution in [1.29, 1.82) is 0 Å². The van der Waals surface area contributed by atoms with E-state index in [0.29, 0.717) is 5.52 Å². The number of anilines is 1. The Morgan fingerprint density at radius 2 is 1.83 bits per heavy atom. The van der Waals surface area contributed by atoms with Gasteiger partial charge in [-0.1, -0.05) is 0 Å². The Morgan fingerprint density at radius 3 is 2.67 bits per heavy atom. The lowest BCUT2D eigenvalue weighted by atomic mass is 10.1. The molecule has 5 nitrogen and oxygen atoms in total. The molecule has 118 valence electrons. The molecule has 0 spiro atoms. The van der Waals surface area contributed by atoms with Crippen LogP contribution in [-0.2, 0) is 6.54 Å². The number of nitrogens with one attached hydrogen (secondary N) is 1. The first-order valence-electron chi connectivity index (χ1n) is 8.02. The Labute approximate surface area is 136 Å².